The van der Waals surface area contributed by atoms with E-state index in [1.54, 1.807) is 0 Å². The quantitative estimate of drug-likeness (QED) is 0.715. The molecule has 1 amide bonds. The van der Waals surface area contributed by atoms with Gasteiger partial charge in [-0.3, -0.25) is 9.69 Å². The molecule has 0 spiro atoms. The number of fused-ring (bicyclic) bond motifs is 2. The molecule has 2 heterocycles. The molecule has 0 saturated heterocycles. The zero-order valence-electron chi connectivity index (χ0n) is 15.3. The number of benzene rings is 2. The highest BCUT2D eigenvalue weighted by Crippen LogP contribution is 2.27. The summed E-state index contributed by atoms with van der Waals surface area (Å²) >= 11 is 0. The van der Waals surface area contributed by atoms with Gasteiger partial charge in [-0.1, -0.05) is 42.5 Å². The molecule has 4 heteroatoms. The van der Waals surface area contributed by atoms with Crippen LogP contribution in [0.2, 0.25) is 0 Å². The van der Waals surface area contributed by atoms with Crippen molar-refractivity contribution < 1.29 is 9.21 Å². The summed E-state index contributed by atoms with van der Waals surface area (Å²) in [6.45, 7) is 3.97. The first-order chi connectivity index (χ1) is 12.6. The minimum atomic E-state index is 0.0448. The smallest absolute Gasteiger partial charge is 0.237 e. The van der Waals surface area contributed by atoms with Gasteiger partial charge in [-0.05, 0) is 43.7 Å². The molecule has 1 aliphatic heterocycles. The SMILES string of the molecule is CC(c1cc2ccccc2o1)N(C)CC(=O)N1CCc2ccccc2C1. The Balaban J connectivity index is 1.42. The van der Waals surface area contributed by atoms with E-state index in [1.165, 1.54) is 11.1 Å². The molecule has 0 saturated carbocycles. The van der Waals surface area contributed by atoms with Gasteiger partial charge >= 0.3 is 0 Å². The Morgan fingerprint density at radius 3 is 2.69 bits per heavy atom. The van der Waals surface area contributed by atoms with E-state index in [1.807, 2.05) is 42.3 Å². The number of amides is 1. The second-order valence-corrected chi connectivity index (χ2v) is 7.11. The molecule has 0 aliphatic carbocycles. The minimum absolute atomic E-state index is 0.0448. The maximum absolute atomic E-state index is 12.8. The van der Waals surface area contributed by atoms with Crippen molar-refractivity contribution in [1.29, 1.82) is 0 Å². The van der Waals surface area contributed by atoms with E-state index in [9.17, 15) is 4.79 Å². The number of rotatable bonds is 4. The van der Waals surface area contributed by atoms with Crippen LogP contribution in [0, 0.1) is 0 Å². The lowest BCUT2D eigenvalue weighted by Crippen LogP contribution is -2.42. The molecule has 1 atom stereocenters. The number of likely N-dealkylation sites (N-methyl/N-ethyl adjacent to an activating group) is 1. The predicted molar refractivity (Wildman–Crippen MR) is 103 cm³/mol. The number of furan rings is 1. The molecule has 3 aromatic rings. The molecule has 0 radical (unpaired) electrons. The van der Waals surface area contributed by atoms with Crippen molar-refractivity contribution in [2.75, 3.05) is 20.1 Å². The summed E-state index contributed by atoms with van der Waals surface area (Å²) in [5.41, 5.74) is 3.52. The highest BCUT2D eigenvalue weighted by molar-refractivity contribution is 5.79. The third-order valence-electron chi connectivity index (χ3n) is 5.39. The Labute approximate surface area is 154 Å². The Morgan fingerprint density at radius 2 is 1.88 bits per heavy atom. The zero-order valence-corrected chi connectivity index (χ0v) is 15.3. The molecular weight excluding hydrogens is 324 g/mol. The molecular formula is C22H24N2O2. The fraction of sp³-hybridized carbons (Fsp3) is 0.318. The van der Waals surface area contributed by atoms with Gasteiger partial charge in [0.1, 0.15) is 11.3 Å². The van der Waals surface area contributed by atoms with Crippen LogP contribution in [0.25, 0.3) is 11.0 Å². The Hall–Kier alpha value is -2.59. The maximum atomic E-state index is 12.8. The van der Waals surface area contributed by atoms with Gasteiger partial charge in [0.25, 0.3) is 0 Å². The van der Waals surface area contributed by atoms with Gasteiger partial charge in [0.2, 0.25) is 5.91 Å². The van der Waals surface area contributed by atoms with Crippen LogP contribution in [-0.2, 0) is 17.8 Å². The normalized spacial score (nSPS) is 15.3. The second kappa shape index (κ2) is 6.96. The molecule has 1 aliphatic rings. The van der Waals surface area contributed by atoms with E-state index in [0.29, 0.717) is 13.1 Å². The van der Waals surface area contributed by atoms with E-state index < -0.39 is 0 Å². The van der Waals surface area contributed by atoms with E-state index in [4.69, 9.17) is 4.42 Å². The standard InChI is InChI=1S/C22H24N2O2/c1-16(21-13-18-8-5-6-10-20(18)26-21)23(2)15-22(25)24-12-11-17-7-3-4-9-19(17)14-24/h3-10,13,16H,11-12,14-15H2,1-2H3. The van der Waals surface area contributed by atoms with E-state index >= 15 is 0 Å². The van der Waals surface area contributed by atoms with Crippen molar-refractivity contribution in [2.45, 2.75) is 25.9 Å². The molecule has 0 fully saturated rings. The first-order valence-electron chi connectivity index (χ1n) is 9.15. The summed E-state index contributed by atoms with van der Waals surface area (Å²) in [4.78, 5) is 16.8. The lowest BCUT2D eigenvalue weighted by Gasteiger charge is -2.31. The number of para-hydroxylation sites is 1. The summed E-state index contributed by atoms with van der Waals surface area (Å²) in [7, 11) is 1.98. The Kier molecular flexibility index (Phi) is 4.51. The van der Waals surface area contributed by atoms with Gasteiger partial charge in [0.05, 0.1) is 12.6 Å². The summed E-state index contributed by atoms with van der Waals surface area (Å²) in [6, 6.07) is 18.5. The zero-order chi connectivity index (χ0) is 18.1. The van der Waals surface area contributed by atoms with Crippen molar-refractivity contribution in [3.8, 4) is 0 Å². The fourth-order valence-corrected chi connectivity index (χ4v) is 3.58. The van der Waals surface area contributed by atoms with Crippen molar-refractivity contribution >= 4 is 16.9 Å². The van der Waals surface area contributed by atoms with Gasteiger partial charge in [-0.25, -0.2) is 0 Å². The first-order valence-corrected chi connectivity index (χ1v) is 9.15. The summed E-state index contributed by atoms with van der Waals surface area (Å²) in [6.07, 6.45) is 0.935. The third kappa shape index (κ3) is 3.25. The third-order valence-corrected chi connectivity index (χ3v) is 5.39. The molecule has 1 unspecified atom stereocenters. The van der Waals surface area contributed by atoms with Crippen molar-refractivity contribution in [2.24, 2.45) is 0 Å². The predicted octanol–water partition coefficient (Wildman–Crippen LogP) is 4.01. The summed E-state index contributed by atoms with van der Waals surface area (Å²) in [5.74, 6) is 1.07. The average molecular weight is 348 g/mol. The van der Waals surface area contributed by atoms with E-state index in [-0.39, 0.29) is 11.9 Å². The molecule has 26 heavy (non-hydrogen) atoms. The molecule has 4 nitrogen and oxygen atoms in total. The molecule has 1 aromatic heterocycles. The van der Waals surface area contributed by atoms with Crippen LogP contribution in [0.5, 0.6) is 0 Å². The molecule has 0 N–H and O–H groups in total. The Morgan fingerprint density at radius 1 is 1.15 bits per heavy atom. The highest BCUT2D eigenvalue weighted by atomic mass is 16.3. The summed E-state index contributed by atoms with van der Waals surface area (Å²) in [5, 5.41) is 1.10. The van der Waals surface area contributed by atoms with Crippen molar-refractivity contribution in [1.82, 2.24) is 9.80 Å². The van der Waals surface area contributed by atoms with Crippen LogP contribution >= 0.6 is 0 Å². The number of carbonyl (C=O) groups is 1. The van der Waals surface area contributed by atoms with E-state index in [2.05, 4.69) is 36.1 Å². The monoisotopic (exact) mass is 348 g/mol. The Bertz CT molecular complexity index is 898. The topological polar surface area (TPSA) is 36.7 Å². The lowest BCUT2D eigenvalue weighted by molar-refractivity contribution is -0.133. The number of hydrogen-bond acceptors (Lipinski definition) is 3. The van der Waals surface area contributed by atoms with Crippen LogP contribution in [0.4, 0.5) is 0 Å². The first kappa shape index (κ1) is 16.9. The van der Waals surface area contributed by atoms with Crippen LogP contribution in [0.15, 0.2) is 59.0 Å². The minimum Gasteiger partial charge on any atom is -0.459 e. The number of nitrogens with zero attached hydrogens (tertiary/aromatic N) is 2. The fourth-order valence-electron chi connectivity index (χ4n) is 3.58. The van der Waals surface area contributed by atoms with Crippen LogP contribution < -0.4 is 0 Å². The van der Waals surface area contributed by atoms with Gasteiger partial charge in [-0.2, -0.15) is 0 Å². The molecule has 0 bridgehead atoms. The molecule has 134 valence electrons. The second-order valence-electron chi connectivity index (χ2n) is 7.11. The van der Waals surface area contributed by atoms with Gasteiger partial charge in [0, 0.05) is 18.5 Å². The van der Waals surface area contributed by atoms with Gasteiger partial charge < -0.3 is 9.32 Å². The van der Waals surface area contributed by atoms with Gasteiger partial charge in [-0.15, -0.1) is 0 Å². The van der Waals surface area contributed by atoms with Crippen molar-refractivity contribution in [3.05, 3.63) is 71.5 Å². The number of hydrogen-bond donors (Lipinski definition) is 0. The van der Waals surface area contributed by atoms with Crippen molar-refractivity contribution in [3.63, 3.8) is 0 Å². The van der Waals surface area contributed by atoms with Crippen LogP contribution in [-0.4, -0.2) is 35.8 Å². The van der Waals surface area contributed by atoms with Gasteiger partial charge in [0.15, 0.2) is 0 Å². The average Bonchev–Trinajstić information content (AvgIpc) is 3.11. The highest BCUT2D eigenvalue weighted by Gasteiger charge is 2.24. The van der Waals surface area contributed by atoms with Crippen LogP contribution in [0.3, 0.4) is 0 Å². The number of carbonyl (C=O) groups excluding carboxylic acids is 1. The molecule has 2 aromatic carbocycles. The maximum Gasteiger partial charge on any atom is 0.237 e. The summed E-state index contributed by atoms with van der Waals surface area (Å²) < 4.78 is 5.96. The molecule has 4 rings (SSSR count). The van der Waals surface area contributed by atoms with Crippen LogP contribution in [0.1, 0.15) is 29.9 Å². The lowest BCUT2D eigenvalue weighted by atomic mass is 10.00. The van der Waals surface area contributed by atoms with E-state index in [0.717, 1.165) is 29.7 Å². The largest absolute Gasteiger partial charge is 0.459 e.